The second-order valence-corrected chi connectivity index (χ2v) is 6.56. The Morgan fingerprint density at radius 1 is 1.13 bits per heavy atom. The molecule has 2 aromatic carbocycles. The number of ether oxygens (including phenoxy) is 1. The van der Waals surface area contributed by atoms with Crippen LogP contribution >= 0.6 is 0 Å². The van der Waals surface area contributed by atoms with Crippen LogP contribution in [-0.4, -0.2) is 37.5 Å². The Bertz CT molecular complexity index is 1220. The molecule has 4 rings (SSSR count). The van der Waals surface area contributed by atoms with E-state index >= 15 is 0 Å². The van der Waals surface area contributed by atoms with Crippen molar-refractivity contribution in [3.63, 3.8) is 0 Å². The molecule has 2 heterocycles. The third-order valence-corrected chi connectivity index (χ3v) is 4.53. The van der Waals surface area contributed by atoms with Gasteiger partial charge in [-0.1, -0.05) is 42.5 Å². The molecule has 0 aliphatic rings. The van der Waals surface area contributed by atoms with Gasteiger partial charge in [0.2, 0.25) is 5.91 Å². The first-order chi connectivity index (χ1) is 14.5. The van der Waals surface area contributed by atoms with Gasteiger partial charge in [-0.05, 0) is 16.3 Å². The molecule has 1 N–H and O–H groups in total. The molecule has 0 bridgehead atoms. The van der Waals surface area contributed by atoms with Crippen LogP contribution in [0.25, 0.3) is 10.8 Å². The molecule has 0 saturated carbocycles. The molecule has 10 heteroatoms. The lowest BCUT2D eigenvalue weighted by Crippen LogP contribution is -2.19. The summed E-state index contributed by atoms with van der Waals surface area (Å²) in [7, 11) is 1.28. The van der Waals surface area contributed by atoms with Gasteiger partial charge in [-0.3, -0.25) is 24.3 Å². The SMILES string of the molecule is COc1nn(CC(=O)Nc2ccn(Cc3cccc4ccccc34)n2)cc1[N+](=O)[O-]. The molecular formula is C20H18N6O4. The monoisotopic (exact) mass is 406 g/mol. The van der Waals surface area contributed by atoms with E-state index in [0.29, 0.717) is 12.4 Å². The topological polar surface area (TPSA) is 117 Å². The van der Waals surface area contributed by atoms with E-state index in [2.05, 4.69) is 33.7 Å². The summed E-state index contributed by atoms with van der Waals surface area (Å²) in [5.41, 5.74) is 0.815. The maximum Gasteiger partial charge on any atom is 0.350 e. The molecule has 4 aromatic rings. The van der Waals surface area contributed by atoms with Crippen molar-refractivity contribution in [2.75, 3.05) is 12.4 Å². The van der Waals surface area contributed by atoms with E-state index < -0.39 is 10.8 Å². The fourth-order valence-corrected chi connectivity index (χ4v) is 3.20. The van der Waals surface area contributed by atoms with Crippen LogP contribution in [0.4, 0.5) is 11.5 Å². The summed E-state index contributed by atoms with van der Waals surface area (Å²) in [5, 5.41) is 24.2. The first kappa shape index (κ1) is 19.1. The third kappa shape index (κ3) is 3.97. The molecule has 30 heavy (non-hydrogen) atoms. The van der Waals surface area contributed by atoms with Gasteiger partial charge >= 0.3 is 11.6 Å². The quantitative estimate of drug-likeness (QED) is 0.373. The highest BCUT2D eigenvalue weighted by atomic mass is 16.6. The van der Waals surface area contributed by atoms with E-state index in [-0.39, 0.29) is 18.1 Å². The predicted octanol–water partition coefficient (Wildman–Crippen LogP) is 2.84. The molecular weight excluding hydrogens is 388 g/mol. The number of carbonyl (C=O) groups excluding carboxylic acids is 1. The van der Waals surface area contributed by atoms with Gasteiger partial charge in [-0.2, -0.15) is 5.10 Å². The minimum absolute atomic E-state index is 0.146. The van der Waals surface area contributed by atoms with Crippen molar-refractivity contribution in [1.82, 2.24) is 19.6 Å². The van der Waals surface area contributed by atoms with Crippen molar-refractivity contribution in [2.45, 2.75) is 13.1 Å². The number of nitrogens with one attached hydrogen (secondary N) is 1. The van der Waals surface area contributed by atoms with Gasteiger partial charge in [0.05, 0.1) is 18.6 Å². The zero-order valence-electron chi connectivity index (χ0n) is 16.1. The van der Waals surface area contributed by atoms with Crippen LogP contribution in [0.1, 0.15) is 5.56 Å². The second kappa shape index (κ2) is 8.03. The van der Waals surface area contributed by atoms with Crippen LogP contribution in [0, 0.1) is 10.1 Å². The summed E-state index contributed by atoms with van der Waals surface area (Å²) in [4.78, 5) is 22.6. The van der Waals surface area contributed by atoms with Crippen molar-refractivity contribution in [3.05, 3.63) is 76.6 Å². The lowest BCUT2D eigenvalue weighted by molar-refractivity contribution is -0.385. The van der Waals surface area contributed by atoms with Crippen molar-refractivity contribution < 1.29 is 14.5 Å². The molecule has 152 valence electrons. The number of hydrogen-bond donors (Lipinski definition) is 1. The number of nitro groups is 1. The molecule has 0 saturated heterocycles. The van der Waals surface area contributed by atoms with Gasteiger partial charge in [-0.15, -0.1) is 5.10 Å². The lowest BCUT2D eigenvalue weighted by atomic mass is 10.0. The summed E-state index contributed by atoms with van der Waals surface area (Å²) >= 11 is 0. The number of aromatic nitrogens is 4. The van der Waals surface area contributed by atoms with Gasteiger partial charge in [0, 0.05) is 12.3 Å². The molecule has 1 amide bonds. The van der Waals surface area contributed by atoms with Crippen LogP contribution in [0.3, 0.4) is 0 Å². The highest BCUT2D eigenvalue weighted by molar-refractivity contribution is 5.89. The summed E-state index contributed by atoms with van der Waals surface area (Å²) in [6, 6.07) is 15.9. The fraction of sp³-hybridized carbons (Fsp3) is 0.150. The average molecular weight is 406 g/mol. The smallest absolute Gasteiger partial charge is 0.350 e. The van der Waals surface area contributed by atoms with Crippen molar-refractivity contribution in [3.8, 4) is 5.88 Å². The molecule has 0 fully saturated rings. The Labute approximate surface area is 170 Å². The van der Waals surface area contributed by atoms with Gasteiger partial charge < -0.3 is 10.1 Å². The van der Waals surface area contributed by atoms with E-state index in [1.807, 2.05) is 24.3 Å². The van der Waals surface area contributed by atoms with Crippen molar-refractivity contribution in [1.29, 1.82) is 0 Å². The normalized spacial score (nSPS) is 10.8. The van der Waals surface area contributed by atoms with E-state index in [1.165, 1.54) is 7.11 Å². The standard InChI is InChI=1S/C20H18N6O4/c1-30-20-17(26(28)29)12-25(23-20)13-19(27)21-18-9-10-24(22-18)11-15-7-4-6-14-5-2-3-8-16(14)15/h2-10,12H,11,13H2,1H3,(H,21,22,27). The number of nitrogens with zero attached hydrogens (tertiary/aromatic N) is 5. The number of rotatable bonds is 7. The summed E-state index contributed by atoms with van der Waals surface area (Å²) in [5.74, 6) is -0.175. The fourth-order valence-electron chi connectivity index (χ4n) is 3.20. The van der Waals surface area contributed by atoms with E-state index in [4.69, 9.17) is 4.74 Å². The third-order valence-electron chi connectivity index (χ3n) is 4.53. The van der Waals surface area contributed by atoms with E-state index in [9.17, 15) is 14.9 Å². The van der Waals surface area contributed by atoms with Crippen LogP contribution in [0.2, 0.25) is 0 Å². The van der Waals surface area contributed by atoms with Gasteiger partial charge in [0.25, 0.3) is 0 Å². The molecule has 0 spiro atoms. The zero-order valence-corrected chi connectivity index (χ0v) is 16.1. The summed E-state index contributed by atoms with van der Waals surface area (Å²) < 4.78 is 7.74. The maximum atomic E-state index is 12.3. The number of anilines is 1. The van der Waals surface area contributed by atoms with Gasteiger partial charge in [0.15, 0.2) is 5.82 Å². The van der Waals surface area contributed by atoms with Crippen LogP contribution in [0.5, 0.6) is 5.88 Å². The molecule has 0 radical (unpaired) electrons. The van der Waals surface area contributed by atoms with Crippen molar-refractivity contribution >= 4 is 28.2 Å². The first-order valence-electron chi connectivity index (χ1n) is 9.09. The number of methoxy groups -OCH3 is 1. The average Bonchev–Trinajstić information content (AvgIpc) is 3.35. The molecule has 0 aliphatic heterocycles. The van der Waals surface area contributed by atoms with Crippen LogP contribution in [-0.2, 0) is 17.9 Å². The van der Waals surface area contributed by atoms with E-state index in [1.54, 1.807) is 16.9 Å². The number of benzene rings is 2. The molecule has 10 nitrogen and oxygen atoms in total. The molecule has 0 aliphatic carbocycles. The van der Waals surface area contributed by atoms with Gasteiger partial charge in [0.1, 0.15) is 12.7 Å². The minimum atomic E-state index is -0.616. The number of fused-ring (bicyclic) bond motifs is 1. The maximum absolute atomic E-state index is 12.3. The summed E-state index contributed by atoms with van der Waals surface area (Å²) in [6.07, 6.45) is 2.93. The number of hydrogen-bond acceptors (Lipinski definition) is 6. The molecule has 0 atom stereocenters. The lowest BCUT2D eigenvalue weighted by Gasteiger charge is -2.07. The van der Waals surface area contributed by atoms with Gasteiger partial charge in [-0.25, -0.2) is 0 Å². The second-order valence-electron chi connectivity index (χ2n) is 6.56. The number of amides is 1. The number of carbonyl (C=O) groups is 1. The minimum Gasteiger partial charge on any atom is -0.475 e. The summed E-state index contributed by atoms with van der Waals surface area (Å²) in [6.45, 7) is 0.347. The largest absolute Gasteiger partial charge is 0.475 e. The Kier molecular flexibility index (Phi) is 5.12. The predicted molar refractivity (Wildman–Crippen MR) is 109 cm³/mol. The Morgan fingerprint density at radius 3 is 2.70 bits per heavy atom. The Hall–Kier alpha value is -4.21. The van der Waals surface area contributed by atoms with Crippen molar-refractivity contribution in [2.24, 2.45) is 0 Å². The van der Waals surface area contributed by atoms with E-state index in [0.717, 1.165) is 27.2 Å². The molecule has 0 unspecified atom stereocenters. The zero-order chi connectivity index (χ0) is 21.1. The molecule has 2 aromatic heterocycles. The van der Waals surface area contributed by atoms with Crippen LogP contribution in [0.15, 0.2) is 60.9 Å². The highest BCUT2D eigenvalue weighted by Gasteiger charge is 2.21. The Morgan fingerprint density at radius 2 is 1.93 bits per heavy atom. The van der Waals surface area contributed by atoms with Crippen LogP contribution < -0.4 is 10.1 Å². The first-order valence-corrected chi connectivity index (χ1v) is 9.09. The Balaban J connectivity index is 1.43. The highest BCUT2D eigenvalue weighted by Crippen LogP contribution is 2.24.